The molecule has 0 aromatic carbocycles. The molecule has 2 aliphatic heterocycles. The fraction of sp³-hybridized carbons (Fsp3) is 0.857. The average molecular weight is 283 g/mol. The Hall–Kier alpha value is -1.30. The van der Waals surface area contributed by atoms with Crippen molar-refractivity contribution in [1.29, 1.82) is 0 Å². The third-order valence-electron chi connectivity index (χ3n) is 4.19. The van der Waals surface area contributed by atoms with E-state index in [0.717, 1.165) is 25.9 Å². The summed E-state index contributed by atoms with van der Waals surface area (Å²) >= 11 is 0. The zero-order valence-electron chi connectivity index (χ0n) is 12.5. The monoisotopic (exact) mass is 283 g/mol. The van der Waals surface area contributed by atoms with Gasteiger partial charge in [0.2, 0.25) is 5.91 Å². The fourth-order valence-corrected chi connectivity index (χ4v) is 2.84. The second-order valence-electron chi connectivity index (χ2n) is 5.59. The Bertz CT molecular complexity index is 346. The molecule has 0 radical (unpaired) electrons. The highest BCUT2D eigenvalue weighted by molar-refractivity contribution is 5.79. The number of ether oxygens (including phenoxy) is 1. The highest BCUT2D eigenvalue weighted by Crippen LogP contribution is 2.19. The van der Waals surface area contributed by atoms with Crippen LogP contribution in [0.15, 0.2) is 0 Å². The SMILES string of the molecule is CCOC(=O)N1CCN(C(=O)C2CCN(C)CC2)CC1. The molecule has 20 heavy (non-hydrogen) atoms. The van der Waals surface area contributed by atoms with Crippen molar-refractivity contribution < 1.29 is 14.3 Å². The van der Waals surface area contributed by atoms with E-state index in [1.807, 2.05) is 4.90 Å². The third-order valence-corrected chi connectivity index (χ3v) is 4.19. The first kappa shape index (κ1) is 15.1. The predicted octanol–water partition coefficient (Wildman–Crippen LogP) is 0.629. The minimum Gasteiger partial charge on any atom is -0.450 e. The van der Waals surface area contributed by atoms with Crippen LogP contribution >= 0.6 is 0 Å². The third kappa shape index (κ3) is 3.62. The zero-order valence-corrected chi connectivity index (χ0v) is 12.5. The second kappa shape index (κ2) is 6.92. The number of likely N-dealkylation sites (tertiary alicyclic amines) is 1. The minimum atomic E-state index is -0.265. The lowest BCUT2D eigenvalue weighted by molar-refractivity contribution is -0.138. The van der Waals surface area contributed by atoms with Crippen molar-refractivity contribution in [2.24, 2.45) is 5.92 Å². The zero-order chi connectivity index (χ0) is 14.5. The Labute approximate surface area is 120 Å². The van der Waals surface area contributed by atoms with Crippen LogP contribution in [0.25, 0.3) is 0 Å². The molecular formula is C14H25N3O3. The van der Waals surface area contributed by atoms with Crippen LogP contribution in [0, 0.1) is 5.92 Å². The van der Waals surface area contributed by atoms with Gasteiger partial charge in [-0.3, -0.25) is 4.79 Å². The van der Waals surface area contributed by atoms with Crippen LogP contribution in [0.1, 0.15) is 19.8 Å². The van der Waals surface area contributed by atoms with Gasteiger partial charge in [-0.15, -0.1) is 0 Å². The predicted molar refractivity (Wildman–Crippen MR) is 75.4 cm³/mol. The van der Waals surface area contributed by atoms with Gasteiger partial charge in [-0.25, -0.2) is 4.79 Å². The Kier molecular flexibility index (Phi) is 5.23. The molecule has 2 fully saturated rings. The maximum atomic E-state index is 12.4. The number of nitrogens with zero attached hydrogens (tertiary/aromatic N) is 3. The summed E-state index contributed by atoms with van der Waals surface area (Å²) in [5.41, 5.74) is 0. The molecule has 114 valence electrons. The molecule has 0 aliphatic carbocycles. The van der Waals surface area contributed by atoms with E-state index < -0.39 is 0 Å². The lowest BCUT2D eigenvalue weighted by Crippen LogP contribution is -2.52. The van der Waals surface area contributed by atoms with E-state index in [-0.39, 0.29) is 17.9 Å². The van der Waals surface area contributed by atoms with Crippen LogP contribution in [0.4, 0.5) is 4.79 Å². The summed E-state index contributed by atoms with van der Waals surface area (Å²) in [6.45, 7) is 6.62. The molecule has 2 aliphatic rings. The van der Waals surface area contributed by atoms with Crippen molar-refractivity contribution in [1.82, 2.24) is 14.7 Å². The highest BCUT2D eigenvalue weighted by atomic mass is 16.6. The van der Waals surface area contributed by atoms with Crippen molar-refractivity contribution in [2.75, 3.05) is 52.9 Å². The molecule has 0 bridgehead atoms. The second-order valence-corrected chi connectivity index (χ2v) is 5.59. The van der Waals surface area contributed by atoms with E-state index in [1.165, 1.54) is 0 Å². The summed E-state index contributed by atoms with van der Waals surface area (Å²) in [5, 5.41) is 0. The molecule has 6 heteroatoms. The van der Waals surface area contributed by atoms with E-state index in [2.05, 4.69) is 11.9 Å². The molecule has 2 amide bonds. The van der Waals surface area contributed by atoms with Crippen molar-refractivity contribution >= 4 is 12.0 Å². The van der Waals surface area contributed by atoms with Gasteiger partial charge in [0.25, 0.3) is 0 Å². The van der Waals surface area contributed by atoms with Crippen molar-refractivity contribution in [2.45, 2.75) is 19.8 Å². The number of rotatable bonds is 2. The molecule has 0 atom stereocenters. The summed E-state index contributed by atoms with van der Waals surface area (Å²) < 4.78 is 4.98. The van der Waals surface area contributed by atoms with E-state index in [1.54, 1.807) is 11.8 Å². The summed E-state index contributed by atoms with van der Waals surface area (Å²) in [5.74, 6) is 0.432. The minimum absolute atomic E-state index is 0.167. The molecule has 0 saturated carbocycles. The molecule has 0 aromatic rings. The quantitative estimate of drug-likeness (QED) is 0.746. The van der Waals surface area contributed by atoms with Gasteiger partial charge in [0.15, 0.2) is 0 Å². The van der Waals surface area contributed by atoms with Gasteiger partial charge in [0.1, 0.15) is 0 Å². The molecule has 2 rings (SSSR count). The number of carbonyl (C=O) groups is 2. The van der Waals surface area contributed by atoms with Gasteiger partial charge >= 0.3 is 6.09 Å². The van der Waals surface area contributed by atoms with E-state index >= 15 is 0 Å². The largest absolute Gasteiger partial charge is 0.450 e. The molecule has 0 aromatic heterocycles. The number of hydrogen-bond acceptors (Lipinski definition) is 4. The smallest absolute Gasteiger partial charge is 0.409 e. The van der Waals surface area contributed by atoms with Crippen LogP contribution in [-0.2, 0) is 9.53 Å². The van der Waals surface area contributed by atoms with Gasteiger partial charge in [-0.05, 0) is 39.9 Å². The Morgan fingerprint density at radius 1 is 1.00 bits per heavy atom. The first-order valence-electron chi connectivity index (χ1n) is 7.51. The van der Waals surface area contributed by atoms with E-state index in [9.17, 15) is 9.59 Å². The average Bonchev–Trinajstić information content (AvgIpc) is 2.48. The Morgan fingerprint density at radius 3 is 2.10 bits per heavy atom. The Balaban J connectivity index is 1.78. The van der Waals surface area contributed by atoms with Crippen molar-refractivity contribution in [3.8, 4) is 0 Å². The number of hydrogen-bond donors (Lipinski definition) is 0. The van der Waals surface area contributed by atoms with Crippen LogP contribution < -0.4 is 0 Å². The van der Waals surface area contributed by atoms with Gasteiger partial charge in [-0.2, -0.15) is 0 Å². The fourth-order valence-electron chi connectivity index (χ4n) is 2.84. The highest BCUT2D eigenvalue weighted by Gasteiger charge is 2.30. The topological polar surface area (TPSA) is 53.1 Å². The van der Waals surface area contributed by atoms with Crippen LogP contribution in [0.2, 0.25) is 0 Å². The van der Waals surface area contributed by atoms with Crippen LogP contribution in [0.3, 0.4) is 0 Å². The lowest BCUT2D eigenvalue weighted by Gasteiger charge is -2.37. The first-order valence-corrected chi connectivity index (χ1v) is 7.51. The lowest BCUT2D eigenvalue weighted by atomic mass is 9.95. The summed E-state index contributed by atoms with van der Waals surface area (Å²) in [6, 6.07) is 0. The summed E-state index contributed by atoms with van der Waals surface area (Å²) in [4.78, 5) is 29.9. The molecular weight excluding hydrogens is 258 g/mol. The van der Waals surface area contributed by atoms with Crippen LogP contribution in [0.5, 0.6) is 0 Å². The van der Waals surface area contributed by atoms with Crippen LogP contribution in [-0.4, -0.2) is 79.6 Å². The molecule has 0 unspecified atom stereocenters. The van der Waals surface area contributed by atoms with Gasteiger partial charge < -0.3 is 19.4 Å². The Morgan fingerprint density at radius 2 is 1.55 bits per heavy atom. The van der Waals surface area contributed by atoms with E-state index in [4.69, 9.17) is 4.74 Å². The van der Waals surface area contributed by atoms with Crippen molar-refractivity contribution in [3.63, 3.8) is 0 Å². The molecule has 2 saturated heterocycles. The van der Waals surface area contributed by atoms with E-state index in [0.29, 0.717) is 32.8 Å². The van der Waals surface area contributed by atoms with Gasteiger partial charge in [-0.1, -0.05) is 0 Å². The number of amides is 2. The normalized spacial score (nSPS) is 21.9. The standard InChI is InChI=1S/C14H25N3O3/c1-3-20-14(19)17-10-8-16(9-11-17)13(18)12-4-6-15(2)7-5-12/h12H,3-11H2,1-2H3. The maximum absolute atomic E-state index is 12.4. The van der Waals surface area contributed by atoms with Gasteiger partial charge in [0, 0.05) is 32.1 Å². The first-order chi connectivity index (χ1) is 9.61. The molecule has 6 nitrogen and oxygen atoms in total. The number of piperazine rings is 1. The maximum Gasteiger partial charge on any atom is 0.409 e. The van der Waals surface area contributed by atoms with Crippen molar-refractivity contribution in [3.05, 3.63) is 0 Å². The number of carbonyl (C=O) groups excluding carboxylic acids is 2. The van der Waals surface area contributed by atoms with Gasteiger partial charge in [0.05, 0.1) is 6.61 Å². The molecule has 2 heterocycles. The molecule has 0 spiro atoms. The summed E-state index contributed by atoms with van der Waals surface area (Å²) in [7, 11) is 2.10. The number of piperidine rings is 1. The molecule has 0 N–H and O–H groups in total. The summed E-state index contributed by atoms with van der Waals surface area (Å²) in [6.07, 6.45) is 1.64.